The van der Waals surface area contributed by atoms with E-state index in [-0.39, 0.29) is 5.56 Å². The van der Waals surface area contributed by atoms with Crippen molar-refractivity contribution >= 4 is 10.9 Å². The minimum atomic E-state index is -0.612. The van der Waals surface area contributed by atoms with Crippen molar-refractivity contribution in [2.75, 3.05) is 13.6 Å². The van der Waals surface area contributed by atoms with E-state index in [1.165, 1.54) is 11.6 Å². The maximum atomic E-state index is 11.8. The second-order valence-electron chi connectivity index (χ2n) is 5.66. The van der Waals surface area contributed by atoms with Crippen molar-refractivity contribution in [2.45, 2.75) is 12.5 Å². The van der Waals surface area contributed by atoms with Crippen LogP contribution in [0.1, 0.15) is 22.8 Å². The molecular weight excluding hydrogens is 288 g/mol. The fourth-order valence-corrected chi connectivity index (χ4v) is 2.89. The number of aromatic nitrogens is 1. The van der Waals surface area contributed by atoms with Gasteiger partial charge in [-0.1, -0.05) is 42.5 Å². The maximum Gasteiger partial charge on any atom is 0.248 e. The van der Waals surface area contributed by atoms with E-state index >= 15 is 0 Å². The number of aliphatic hydroxyl groups is 1. The molecule has 0 spiro atoms. The molecule has 0 aliphatic rings. The average Bonchev–Trinajstić information content (AvgIpc) is 2.56. The first-order chi connectivity index (χ1) is 11.2. The molecule has 0 aliphatic heterocycles. The van der Waals surface area contributed by atoms with Crippen molar-refractivity contribution in [1.82, 2.24) is 10.3 Å². The number of likely N-dealkylation sites (N-methyl/N-ethyl adjacent to an activating group) is 1. The van der Waals surface area contributed by atoms with Gasteiger partial charge in [0.15, 0.2) is 0 Å². The van der Waals surface area contributed by atoms with Gasteiger partial charge in [0.25, 0.3) is 0 Å². The van der Waals surface area contributed by atoms with Crippen LogP contribution >= 0.6 is 0 Å². The molecule has 1 heterocycles. The first kappa shape index (κ1) is 15.5. The van der Waals surface area contributed by atoms with Gasteiger partial charge in [-0.15, -0.1) is 0 Å². The van der Waals surface area contributed by atoms with Gasteiger partial charge in [0.1, 0.15) is 0 Å². The summed E-state index contributed by atoms with van der Waals surface area (Å²) >= 11 is 0. The number of rotatable bonds is 5. The number of hydrogen-bond acceptors (Lipinski definition) is 3. The number of aromatic amines is 1. The standard InChI is InChI=1S/C19H20N2O2/c1-20-12-17(22)15-8-7-14(11-13-5-3-2-4-6-13)19-16(15)9-10-18(23)21-19/h2-10,17,20,22H,11-12H2,1H3,(H,21,23). The van der Waals surface area contributed by atoms with Crippen LogP contribution in [-0.4, -0.2) is 23.7 Å². The van der Waals surface area contributed by atoms with Gasteiger partial charge in [-0.3, -0.25) is 4.79 Å². The summed E-state index contributed by atoms with van der Waals surface area (Å²) < 4.78 is 0. The number of nitrogens with one attached hydrogen (secondary N) is 2. The highest BCUT2D eigenvalue weighted by atomic mass is 16.3. The largest absolute Gasteiger partial charge is 0.387 e. The molecule has 0 saturated heterocycles. The molecule has 4 heteroatoms. The minimum Gasteiger partial charge on any atom is -0.387 e. The van der Waals surface area contributed by atoms with E-state index in [1.54, 1.807) is 13.1 Å². The lowest BCUT2D eigenvalue weighted by Gasteiger charge is -2.15. The van der Waals surface area contributed by atoms with Gasteiger partial charge in [-0.2, -0.15) is 0 Å². The van der Waals surface area contributed by atoms with Gasteiger partial charge in [0, 0.05) is 18.0 Å². The van der Waals surface area contributed by atoms with Crippen LogP contribution in [0.5, 0.6) is 0 Å². The van der Waals surface area contributed by atoms with E-state index < -0.39 is 6.10 Å². The predicted molar refractivity (Wildman–Crippen MR) is 92.7 cm³/mol. The molecule has 4 nitrogen and oxygen atoms in total. The Hall–Kier alpha value is -2.43. The molecule has 1 unspecified atom stereocenters. The summed E-state index contributed by atoms with van der Waals surface area (Å²) in [6.45, 7) is 0.465. The zero-order valence-corrected chi connectivity index (χ0v) is 13.0. The number of fused-ring (bicyclic) bond motifs is 1. The molecule has 23 heavy (non-hydrogen) atoms. The molecule has 0 saturated carbocycles. The van der Waals surface area contributed by atoms with Crippen molar-refractivity contribution in [3.05, 3.63) is 81.6 Å². The number of benzene rings is 2. The van der Waals surface area contributed by atoms with E-state index in [1.807, 2.05) is 30.3 Å². The van der Waals surface area contributed by atoms with Crippen LogP contribution in [0, 0.1) is 0 Å². The summed E-state index contributed by atoms with van der Waals surface area (Å²) in [5.74, 6) is 0. The van der Waals surface area contributed by atoms with Crippen LogP contribution in [0.4, 0.5) is 0 Å². The minimum absolute atomic E-state index is 0.132. The van der Waals surface area contributed by atoms with Gasteiger partial charge in [-0.05, 0) is 36.2 Å². The Morgan fingerprint density at radius 1 is 1.09 bits per heavy atom. The summed E-state index contributed by atoms with van der Waals surface area (Å²) in [4.78, 5) is 14.7. The van der Waals surface area contributed by atoms with E-state index in [4.69, 9.17) is 0 Å². The van der Waals surface area contributed by atoms with Gasteiger partial charge >= 0.3 is 0 Å². The highest BCUT2D eigenvalue weighted by Crippen LogP contribution is 2.26. The molecule has 0 aliphatic carbocycles. The SMILES string of the molecule is CNCC(O)c1ccc(Cc2ccccc2)c2[nH]c(=O)ccc12. The molecule has 3 aromatic rings. The van der Waals surface area contributed by atoms with E-state index in [0.717, 1.165) is 28.5 Å². The summed E-state index contributed by atoms with van der Waals surface area (Å²) in [7, 11) is 1.80. The Balaban J connectivity index is 2.11. The predicted octanol–water partition coefficient (Wildman–Crippen LogP) is 2.37. The first-order valence-electron chi connectivity index (χ1n) is 7.70. The van der Waals surface area contributed by atoms with Crippen LogP contribution < -0.4 is 10.9 Å². The lowest BCUT2D eigenvalue weighted by atomic mass is 9.96. The summed E-state index contributed by atoms with van der Waals surface area (Å²) in [6, 6.07) is 17.4. The third kappa shape index (κ3) is 3.33. The highest BCUT2D eigenvalue weighted by molar-refractivity contribution is 5.85. The second kappa shape index (κ2) is 6.77. The fourth-order valence-electron chi connectivity index (χ4n) is 2.89. The van der Waals surface area contributed by atoms with Crippen LogP contribution in [-0.2, 0) is 6.42 Å². The Bertz CT molecular complexity index is 856. The second-order valence-corrected chi connectivity index (χ2v) is 5.66. The van der Waals surface area contributed by atoms with Gasteiger partial charge < -0.3 is 15.4 Å². The van der Waals surface area contributed by atoms with Crippen molar-refractivity contribution in [3.8, 4) is 0 Å². The Morgan fingerprint density at radius 2 is 1.87 bits per heavy atom. The van der Waals surface area contributed by atoms with Crippen molar-refractivity contribution < 1.29 is 5.11 Å². The summed E-state index contributed by atoms with van der Waals surface area (Å²) in [5.41, 5.74) is 3.72. The van der Waals surface area contributed by atoms with Gasteiger partial charge in [-0.25, -0.2) is 0 Å². The molecule has 0 amide bonds. The Labute approximate surface area is 134 Å². The molecule has 3 rings (SSSR count). The lowest BCUT2D eigenvalue weighted by Crippen LogP contribution is -2.17. The highest BCUT2D eigenvalue weighted by Gasteiger charge is 2.13. The zero-order chi connectivity index (χ0) is 16.2. The topological polar surface area (TPSA) is 65.1 Å². The van der Waals surface area contributed by atoms with Crippen LogP contribution in [0.15, 0.2) is 59.4 Å². The third-order valence-corrected chi connectivity index (χ3v) is 4.01. The maximum absolute atomic E-state index is 11.8. The van der Waals surface area contributed by atoms with E-state index in [0.29, 0.717) is 6.54 Å². The molecule has 1 atom stereocenters. The number of hydrogen-bond donors (Lipinski definition) is 3. The van der Waals surface area contributed by atoms with Crippen LogP contribution in [0.3, 0.4) is 0 Å². The third-order valence-electron chi connectivity index (χ3n) is 4.01. The molecule has 1 aromatic heterocycles. The zero-order valence-electron chi connectivity index (χ0n) is 13.0. The van der Waals surface area contributed by atoms with Gasteiger partial charge in [0.05, 0.1) is 11.6 Å². The first-order valence-corrected chi connectivity index (χ1v) is 7.70. The van der Waals surface area contributed by atoms with E-state index in [2.05, 4.69) is 22.4 Å². The Kier molecular flexibility index (Phi) is 4.55. The monoisotopic (exact) mass is 308 g/mol. The van der Waals surface area contributed by atoms with Crippen molar-refractivity contribution in [2.24, 2.45) is 0 Å². The molecular formula is C19H20N2O2. The van der Waals surface area contributed by atoms with Crippen molar-refractivity contribution in [1.29, 1.82) is 0 Å². The summed E-state index contributed by atoms with van der Waals surface area (Å²) in [5, 5.41) is 14.2. The number of pyridine rings is 1. The van der Waals surface area contributed by atoms with Crippen molar-refractivity contribution in [3.63, 3.8) is 0 Å². The Morgan fingerprint density at radius 3 is 2.61 bits per heavy atom. The molecule has 0 fully saturated rings. The molecule has 0 radical (unpaired) electrons. The average molecular weight is 308 g/mol. The van der Waals surface area contributed by atoms with Crippen LogP contribution in [0.2, 0.25) is 0 Å². The quantitative estimate of drug-likeness (QED) is 0.678. The molecule has 2 aromatic carbocycles. The number of H-pyrrole nitrogens is 1. The summed E-state index contributed by atoms with van der Waals surface area (Å²) in [6.07, 6.45) is 0.124. The molecule has 118 valence electrons. The fraction of sp³-hybridized carbons (Fsp3) is 0.211. The normalized spacial score (nSPS) is 12.4. The van der Waals surface area contributed by atoms with Crippen LogP contribution in [0.25, 0.3) is 10.9 Å². The van der Waals surface area contributed by atoms with E-state index in [9.17, 15) is 9.90 Å². The smallest absolute Gasteiger partial charge is 0.248 e. The lowest BCUT2D eigenvalue weighted by molar-refractivity contribution is 0.179. The number of aliphatic hydroxyl groups excluding tert-OH is 1. The molecule has 3 N–H and O–H groups in total. The van der Waals surface area contributed by atoms with Gasteiger partial charge in [0.2, 0.25) is 5.56 Å². The molecule has 0 bridgehead atoms.